The van der Waals surface area contributed by atoms with Crippen molar-refractivity contribution in [2.45, 2.75) is 71.3 Å². The molecule has 1 heterocycles. The van der Waals surface area contributed by atoms with Crippen molar-refractivity contribution in [3.63, 3.8) is 0 Å². The van der Waals surface area contributed by atoms with Crippen molar-refractivity contribution in [1.29, 1.82) is 0 Å². The van der Waals surface area contributed by atoms with Crippen LogP contribution in [0.2, 0.25) is 0 Å². The van der Waals surface area contributed by atoms with E-state index in [0.29, 0.717) is 29.7 Å². The number of carbonyl (C=O) groups is 2. The van der Waals surface area contributed by atoms with Gasteiger partial charge in [0, 0.05) is 6.04 Å². The second-order valence-electron chi connectivity index (χ2n) is 9.23. The van der Waals surface area contributed by atoms with Crippen molar-refractivity contribution < 1.29 is 22.8 Å². The number of halogens is 3. The highest BCUT2D eigenvalue weighted by molar-refractivity contribution is 6.35. The number of fused-ring (bicyclic) bond motifs is 1. The van der Waals surface area contributed by atoms with Crippen LogP contribution in [0.25, 0.3) is 0 Å². The molecule has 2 aromatic carbocycles. The van der Waals surface area contributed by atoms with Crippen LogP contribution in [0.15, 0.2) is 18.2 Å². The lowest BCUT2D eigenvalue weighted by Gasteiger charge is -2.25. The smallest absolute Gasteiger partial charge is 0.269 e. The monoisotopic (exact) mass is 444 g/mol. The molecule has 0 unspecified atom stereocenters. The SMILES string of the molecule is CC(C)c1cccc(C(C)C)c1N1C(=O)c2c(F)c(F)c(NC3CCCC3)c(F)c2C1=O. The van der Waals surface area contributed by atoms with E-state index in [1.165, 1.54) is 0 Å². The number of anilines is 2. The summed E-state index contributed by atoms with van der Waals surface area (Å²) in [6.45, 7) is 7.63. The average molecular weight is 444 g/mol. The Balaban J connectivity index is 1.89. The van der Waals surface area contributed by atoms with Gasteiger partial charge in [-0.3, -0.25) is 9.59 Å². The van der Waals surface area contributed by atoms with Gasteiger partial charge >= 0.3 is 0 Å². The predicted molar refractivity (Wildman–Crippen MR) is 118 cm³/mol. The Kier molecular flexibility index (Phi) is 5.77. The number of hydrogen-bond acceptors (Lipinski definition) is 3. The molecule has 2 aliphatic rings. The number of amides is 2. The number of imide groups is 1. The van der Waals surface area contributed by atoms with Crippen LogP contribution in [0.4, 0.5) is 24.5 Å². The number of rotatable bonds is 5. The van der Waals surface area contributed by atoms with Gasteiger partial charge in [0.15, 0.2) is 17.5 Å². The molecule has 0 bridgehead atoms. The molecule has 2 aromatic rings. The molecular weight excluding hydrogens is 417 g/mol. The summed E-state index contributed by atoms with van der Waals surface area (Å²) in [5.41, 5.74) is -0.476. The van der Waals surface area contributed by atoms with Crippen LogP contribution < -0.4 is 10.2 Å². The third-order valence-corrected chi connectivity index (χ3v) is 6.42. The molecule has 1 saturated carbocycles. The fourth-order valence-corrected chi connectivity index (χ4v) is 4.75. The molecule has 1 aliphatic carbocycles. The first-order valence-electron chi connectivity index (χ1n) is 11.1. The van der Waals surface area contributed by atoms with Gasteiger partial charge in [0.1, 0.15) is 5.69 Å². The molecule has 0 saturated heterocycles. The molecule has 1 aliphatic heterocycles. The van der Waals surface area contributed by atoms with E-state index in [4.69, 9.17) is 0 Å². The Hall–Kier alpha value is -2.83. The molecule has 0 atom stereocenters. The molecule has 0 aromatic heterocycles. The minimum atomic E-state index is -1.49. The fraction of sp³-hybridized carbons (Fsp3) is 0.440. The van der Waals surface area contributed by atoms with Crippen LogP contribution in [0.5, 0.6) is 0 Å². The summed E-state index contributed by atoms with van der Waals surface area (Å²) in [5, 5.41) is 2.73. The zero-order valence-electron chi connectivity index (χ0n) is 18.7. The lowest BCUT2D eigenvalue weighted by Crippen LogP contribution is -2.32. The predicted octanol–water partition coefficient (Wildman–Crippen LogP) is 6.51. The second kappa shape index (κ2) is 8.26. The second-order valence-corrected chi connectivity index (χ2v) is 9.23. The van der Waals surface area contributed by atoms with Gasteiger partial charge in [-0.1, -0.05) is 58.7 Å². The standard InChI is InChI=1S/C25H27F3N2O2/c1-12(2)15-10-7-11-16(13(3)4)23(15)30-24(31)17-18(25(30)32)20(27)22(21(28)19(17)26)29-14-8-5-6-9-14/h7,10-14,29H,5-6,8-9H2,1-4H3. The van der Waals surface area contributed by atoms with E-state index >= 15 is 8.78 Å². The maximum atomic E-state index is 15.4. The van der Waals surface area contributed by atoms with Gasteiger partial charge in [-0.2, -0.15) is 0 Å². The number of benzene rings is 2. The van der Waals surface area contributed by atoms with Crippen LogP contribution in [0.1, 0.15) is 97.1 Å². The lowest BCUT2D eigenvalue weighted by molar-refractivity contribution is 0.0923. The summed E-state index contributed by atoms with van der Waals surface area (Å²) in [5.74, 6) is -6.28. The van der Waals surface area contributed by atoms with Crippen LogP contribution in [0, 0.1) is 17.5 Å². The summed E-state index contributed by atoms with van der Waals surface area (Å²) < 4.78 is 45.4. The minimum Gasteiger partial charge on any atom is -0.377 e. The van der Waals surface area contributed by atoms with Gasteiger partial charge in [0.05, 0.1) is 16.8 Å². The van der Waals surface area contributed by atoms with E-state index in [9.17, 15) is 14.0 Å². The highest BCUT2D eigenvalue weighted by Crippen LogP contribution is 2.42. The Bertz CT molecular complexity index is 1080. The number of hydrogen-bond donors (Lipinski definition) is 1. The Morgan fingerprint density at radius 2 is 1.34 bits per heavy atom. The van der Waals surface area contributed by atoms with E-state index in [2.05, 4.69) is 5.32 Å². The molecular formula is C25H27F3N2O2. The highest BCUT2D eigenvalue weighted by Gasteiger charge is 2.46. The number of nitrogens with one attached hydrogen (secondary N) is 1. The number of carbonyl (C=O) groups excluding carboxylic acids is 2. The van der Waals surface area contributed by atoms with Crippen LogP contribution in [0.3, 0.4) is 0 Å². The van der Waals surface area contributed by atoms with E-state index < -0.39 is 46.1 Å². The van der Waals surface area contributed by atoms with Crippen LogP contribution in [-0.4, -0.2) is 17.9 Å². The zero-order valence-corrected chi connectivity index (χ0v) is 18.7. The van der Waals surface area contributed by atoms with Gasteiger partial charge in [0.2, 0.25) is 0 Å². The Morgan fingerprint density at radius 3 is 1.84 bits per heavy atom. The number of para-hydroxylation sites is 1. The number of nitrogens with zero attached hydrogens (tertiary/aromatic N) is 1. The van der Waals surface area contributed by atoms with Crippen molar-refractivity contribution in [2.75, 3.05) is 10.2 Å². The van der Waals surface area contributed by atoms with Crippen molar-refractivity contribution in [1.82, 2.24) is 0 Å². The molecule has 0 radical (unpaired) electrons. The fourth-order valence-electron chi connectivity index (χ4n) is 4.75. The average Bonchev–Trinajstić information content (AvgIpc) is 3.34. The first-order chi connectivity index (χ1) is 15.1. The van der Waals surface area contributed by atoms with E-state index in [0.717, 1.165) is 17.7 Å². The molecule has 4 nitrogen and oxygen atoms in total. The first-order valence-corrected chi connectivity index (χ1v) is 11.1. The topological polar surface area (TPSA) is 49.4 Å². The van der Waals surface area contributed by atoms with Gasteiger partial charge in [-0.25, -0.2) is 18.1 Å². The maximum Gasteiger partial charge on any atom is 0.269 e. The molecule has 7 heteroatoms. The summed E-state index contributed by atoms with van der Waals surface area (Å²) in [6, 6.07) is 5.21. The lowest BCUT2D eigenvalue weighted by atomic mass is 9.92. The van der Waals surface area contributed by atoms with Crippen LogP contribution >= 0.6 is 0 Å². The van der Waals surface area contributed by atoms with E-state index in [1.54, 1.807) is 12.1 Å². The first kappa shape index (κ1) is 22.4. The quantitative estimate of drug-likeness (QED) is 0.423. The Labute approximate surface area is 185 Å². The van der Waals surface area contributed by atoms with Crippen molar-refractivity contribution in [2.24, 2.45) is 0 Å². The third-order valence-electron chi connectivity index (χ3n) is 6.42. The zero-order chi connectivity index (χ0) is 23.3. The summed E-state index contributed by atoms with van der Waals surface area (Å²) >= 11 is 0. The maximum absolute atomic E-state index is 15.4. The Morgan fingerprint density at radius 1 is 0.844 bits per heavy atom. The third kappa shape index (κ3) is 3.38. The van der Waals surface area contributed by atoms with E-state index in [-0.39, 0.29) is 17.9 Å². The molecule has 1 fully saturated rings. The molecule has 32 heavy (non-hydrogen) atoms. The van der Waals surface area contributed by atoms with Crippen molar-refractivity contribution in [3.8, 4) is 0 Å². The molecule has 2 amide bonds. The van der Waals surface area contributed by atoms with Crippen LogP contribution in [-0.2, 0) is 0 Å². The van der Waals surface area contributed by atoms with Gasteiger partial charge in [0.25, 0.3) is 11.8 Å². The van der Waals surface area contributed by atoms with Gasteiger partial charge < -0.3 is 5.32 Å². The van der Waals surface area contributed by atoms with Gasteiger partial charge in [-0.05, 0) is 35.8 Å². The van der Waals surface area contributed by atoms with Gasteiger partial charge in [-0.15, -0.1) is 0 Å². The normalized spacial score (nSPS) is 16.6. The molecule has 1 N–H and O–H groups in total. The van der Waals surface area contributed by atoms with E-state index in [1.807, 2.05) is 33.8 Å². The summed E-state index contributed by atoms with van der Waals surface area (Å²) in [4.78, 5) is 27.4. The highest BCUT2D eigenvalue weighted by atomic mass is 19.2. The van der Waals surface area contributed by atoms with Crippen molar-refractivity contribution >= 4 is 23.2 Å². The molecule has 4 rings (SSSR count). The summed E-state index contributed by atoms with van der Waals surface area (Å²) in [7, 11) is 0. The summed E-state index contributed by atoms with van der Waals surface area (Å²) in [6.07, 6.45) is 3.22. The molecule has 170 valence electrons. The molecule has 0 spiro atoms. The minimum absolute atomic E-state index is 0.0564. The largest absolute Gasteiger partial charge is 0.377 e. The van der Waals surface area contributed by atoms with Crippen molar-refractivity contribution in [3.05, 3.63) is 57.9 Å².